The zero-order chi connectivity index (χ0) is 13.0. The summed E-state index contributed by atoms with van der Waals surface area (Å²) in [5, 5.41) is 1.34. The van der Waals surface area contributed by atoms with Gasteiger partial charge in [-0.05, 0) is 36.1 Å². The summed E-state index contributed by atoms with van der Waals surface area (Å²) in [6.45, 7) is 6.17. The second-order valence-corrected chi connectivity index (χ2v) is 4.82. The Morgan fingerprint density at radius 3 is 2.33 bits per heavy atom. The van der Waals surface area contributed by atoms with Crippen LogP contribution in [0.3, 0.4) is 0 Å². The lowest BCUT2D eigenvalue weighted by molar-refractivity contribution is 1.33. The van der Waals surface area contributed by atoms with Crippen molar-refractivity contribution in [2.24, 2.45) is 0 Å². The Labute approximate surface area is 112 Å². The number of aromatic nitrogens is 1. The van der Waals surface area contributed by atoms with Crippen molar-refractivity contribution in [3.63, 3.8) is 0 Å². The van der Waals surface area contributed by atoms with Crippen LogP contribution in [0.1, 0.15) is 19.4 Å². The van der Waals surface area contributed by atoms with Gasteiger partial charge in [0.25, 0.3) is 0 Å². The molecule has 2 heterocycles. The predicted octanol–water partition coefficient (Wildman–Crippen LogP) is 5.30. The molecule has 0 fully saturated rings. The highest BCUT2D eigenvalue weighted by Crippen LogP contribution is 2.36. The zero-order valence-corrected chi connectivity index (χ0v) is 11.8. The molecule has 0 N–H and O–H groups in total. The van der Waals surface area contributed by atoms with Crippen LogP contribution in [0.15, 0.2) is 48.7 Å². The fourth-order valence-corrected chi connectivity index (χ4v) is 3.10. The molecule has 0 radical (unpaired) electrons. The summed E-state index contributed by atoms with van der Waals surface area (Å²) in [4.78, 5) is 5.69. The van der Waals surface area contributed by atoms with Gasteiger partial charge >= 0.3 is 0 Å². The number of hydrogen-bond donors (Lipinski definition) is 0. The van der Waals surface area contributed by atoms with Gasteiger partial charge in [0.05, 0.1) is 10.6 Å². The molecule has 0 aliphatic heterocycles. The number of rotatable bonds is 1. The van der Waals surface area contributed by atoms with Gasteiger partial charge in [-0.25, -0.2) is 0 Å². The standard InChI is InChI=1S/C14H11NS.C2H6/c1-10-11-6-2-3-8-13(11)16-14(10)12-7-4-5-9-15-12;1-2/h2-9H,1H3;1-2H3. The van der Waals surface area contributed by atoms with Crippen LogP contribution in [0.5, 0.6) is 0 Å². The normalized spacial score (nSPS) is 9.94. The highest BCUT2D eigenvalue weighted by Gasteiger charge is 2.09. The molecule has 0 saturated heterocycles. The maximum Gasteiger partial charge on any atom is 0.0804 e. The fourth-order valence-electron chi connectivity index (χ4n) is 1.92. The van der Waals surface area contributed by atoms with Gasteiger partial charge in [0.2, 0.25) is 0 Å². The lowest BCUT2D eigenvalue weighted by Crippen LogP contribution is -1.79. The number of aryl methyl sites for hydroxylation is 1. The third-order valence-electron chi connectivity index (χ3n) is 2.74. The Morgan fingerprint density at radius 1 is 0.944 bits per heavy atom. The van der Waals surface area contributed by atoms with E-state index in [-0.39, 0.29) is 0 Å². The van der Waals surface area contributed by atoms with Crippen LogP contribution in [0, 0.1) is 6.92 Å². The van der Waals surface area contributed by atoms with Crippen molar-refractivity contribution in [1.82, 2.24) is 4.98 Å². The molecule has 1 nitrogen and oxygen atoms in total. The van der Waals surface area contributed by atoms with Crippen LogP contribution in [0.25, 0.3) is 20.7 Å². The van der Waals surface area contributed by atoms with Gasteiger partial charge in [-0.15, -0.1) is 11.3 Å². The first-order valence-electron chi connectivity index (χ1n) is 6.26. The van der Waals surface area contributed by atoms with Gasteiger partial charge in [0.15, 0.2) is 0 Å². The quantitative estimate of drug-likeness (QED) is 0.575. The van der Waals surface area contributed by atoms with Crippen molar-refractivity contribution < 1.29 is 0 Å². The molecule has 0 amide bonds. The molecule has 0 unspecified atom stereocenters. The molecule has 3 rings (SSSR count). The Hall–Kier alpha value is -1.67. The average molecular weight is 255 g/mol. The molecule has 2 aromatic heterocycles. The lowest BCUT2D eigenvalue weighted by Gasteiger charge is -1.97. The Balaban J connectivity index is 0.000000574. The number of benzene rings is 1. The Kier molecular flexibility index (Phi) is 4.11. The molecule has 0 bridgehead atoms. The van der Waals surface area contributed by atoms with Crippen LogP contribution in [0.4, 0.5) is 0 Å². The Morgan fingerprint density at radius 2 is 1.67 bits per heavy atom. The molecule has 92 valence electrons. The average Bonchev–Trinajstić information content (AvgIpc) is 2.80. The second-order valence-electron chi connectivity index (χ2n) is 3.77. The van der Waals surface area contributed by atoms with Crippen LogP contribution in [-0.2, 0) is 0 Å². The second kappa shape index (κ2) is 5.78. The van der Waals surface area contributed by atoms with E-state index < -0.39 is 0 Å². The van der Waals surface area contributed by atoms with Crippen LogP contribution in [0.2, 0.25) is 0 Å². The molecule has 2 heteroatoms. The summed E-state index contributed by atoms with van der Waals surface area (Å²) in [6, 6.07) is 14.6. The fraction of sp³-hybridized carbons (Fsp3) is 0.188. The van der Waals surface area contributed by atoms with E-state index in [9.17, 15) is 0 Å². The van der Waals surface area contributed by atoms with Gasteiger partial charge in [-0.3, -0.25) is 4.98 Å². The summed E-state index contributed by atoms with van der Waals surface area (Å²) in [5.74, 6) is 0. The summed E-state index contributed by atoms with van der Waals surface area (Å²) < 4.78 is 1.33. The number of thiophene rings is 1. The number of nitrogens with zero attached hydrogens (tertiary/aromatic N) is 1. The van der Waals surface area contributed by atoms with Crippen molar-refractivity contribution in [2.45, 2.75) is 20.8 Å². The molecule has 0 aliphatic rings. The third-order valence-corrected chi connectivity index (χ3v) is 4.04. The van der Waals surface area contributed by atoms with E-state index in [4.69, 9.17) is 0 Å². The molecular formula is C16H17NS. The van der Waals surface area contributed by atoms with Gasteiger partial charge in [0, 0.05) is 10.9 Å². The predicted molar refractivity (Wildman–Crippen MR) is 81.1 cm³/mol. The highest BCUT2D eigenvalue weighted by molar-refractivity contribution is 7.22. The number of fused-ring (bicyclic) bond motifs is 1. The molecule has 18 heavy (non-hydrogen) atoms. The zero-order valence-electron chi connectivity index (χ0n) is 11.0. The maximum atomic E-state index is 4.42. The molecule has 1 aromatic carbocycles. The highest BCUT2D eigenvalue weighted by atomic mass is 32.1. The minimum absolute atomic E-state index is 1.07. The molecule has 0 atom stereocenters. The molecule has 3 aromatic rings. The van der Waals surface area contributed by atoms with Crippen molar-refractivity contribution in [1.29, 1.82) is 0 Å². The lowest BCUT2D eigenvalue weighted by atomic mass is 10.1. The largest absolute Gasteiger partial charge is 0.255 e. The van der Waals surface area contributed by atoms with Crippen molar-refractivity contribution in [3.8, 4) is 10.6 Å². The first kappa shape index (κ1) is 12.8. The van der Waals surface area contributed by atoms with Crippen molar-refractivity contribution in [3.05, 3.63) is 54.2 Å². The topological polar surface area (TPSA) is 12.9 Å². The van der Waals surface area contributed by atoms with E-state index in [1.165, 1.54) is 20.5 Å². The summed E-state index contributed by atoms with van der Waals surface area (Å²) in [5.41, 5.74) is 2.40. The van der Waals surface area contributed by atoms with E-state index in [2.05, 4.69) is 42.2 Å². The van der Waals surface area contributed by atoms with Crippen molar-refractivity contribution in [2.75, 3.05) is 0 Å². The summed E-state index contributed by atoms with van der Waals surface area (Å²) >= 11 is 1.81. The first-order valence-corrected chi connectivity index (χ1v) is 7.07. The third kappa shape index (κ3) is 2.29. The van der Waals surface area contributed by atoms with Gasteiger partial charge in [-0.1, -0.05) is 38.1 Å². The maximum absolute atomic E-state index is 4.42. The van der Waals surface area contributed by atoms with Crippen LogP contribution in [-0.4, -0.2) is 4.98 Å². The van der Waals surface area contributed by atoms with Crippen LogP contribution >= 0.6 is 11.3 Å². The van der Waals surface area contributed by atoms with E-state index in [0.29, 0.717) is 0 Å². The van der Waals surface area contributed by atoms with Gasteiger partial charge in [-0.2, -0.15) is 0 Å². The SMILES string of the molecule is CC.Cc1c(-c2ccccn2)sc2ccccc12. The Bertz CT molecular complexity index is 626. The van der Waals surface area contributed by atoms with E-state index in [0.717, 1.165) is 5.69 Å². The minimum atomic E-state index is 1.07. The van der Waals surface area contributed by atoms with Gasteiger partial charge in [0.1, 0.15) is 0 Å². The molecule has 0 spiro atoms. The van der Waals surface area contributed by atoms with E-state index in [1.807, 2.05) is 43.5 Å². The van der Waals surface area contributed by atoms with Crippen molar-refractivity contribution >= 4 is 21.4 Å². The van der Waals surface area contributed by atoms with E-state index >= 15 is 0 Å². The summed E-state index contributed by atoms with van der Waals surface area (Å²) in [6.07, 6.45) is 1.85. The molecule has 0 saturated carbocycles. The summed E-state index contributed by atoms with van der Waals surface area (Å²) in [7, 11) is 0. The molecular weight excluding hydrogens is 238 g/mol. The van der Waals surface area contributed by atoms with Crippen LogP contribution < -0.4 is 0 Å². The first-order chi connectivity index (χ1) is 8.86. The number of pyridine rings is 1. The number of hydrogen-bond acceptors (Lipinski definition) is 2. The van der Waals surface area contributed by atoms with Gasteiger partial charge < -0.3 is 0 Å². The van der Waals surface area contributed by atoms with E-state index in [1.54, 1.807) is 0 Å². The monoisotopic (exact) mass is 255 g/mol. The minimum Gasteiger partial charge on any atom is -0.255 e. The smallest absolute Gasteiger partial charge is 0.0804 e. The molecule has 0 aliphatic carbocycles.